The average molecular weight is 379 g/mol. The van der Waals surface area contributed by atoms with Crippen LogP contribution in [-0.4, -0.2) is 15.5 Å². The van der Waals surface area contributed by atoms with E-state index in [1.54, 1.807) is 41.8 Å². The number of nitrogens with one attached hydrogen (secondary N) is 1. The van der Waals surface area contributed by atoms with E-state index < -0.39 is 0 Å². The van der Waals surface area contributed by atoms with E-state index in [1.165, 1.54) is 6.07 Å². The summed E-state index contributed by atoms with van der Waals surface area (Å²) in [6.07, 6.45) is 5.03. The zero-order valence-electron chi connectivity index (χ0n) is 15.8. The van der Waals surface area contributed by atoms with Crippen LogP contribution in [0.4, 0.5) is 10.1 Å². The summed E-state index contributed by atoms with van der Waals surface area (Å²) in [6, 6.07) is 9.47. The van der Waals surface area contributed by atoms with Gasteiger partial charge in [-0.15, -0.1) is 0 Å². The number of fused-ring (bicyclic) bond motifs is 2. The van der Waals surface area contributed by atoms with Crippen molar-refractivity contribution in [3.8, 4) is 0 Å². The molecule has 1 aliphatic rings. The summed E-state index contributed by atoms with van der Waals surface area (Å²) in [5.74, 6) is 0.0544. The lowest BCUT2D eigenvalue weighted by Gasteiger charge is -2.16. The Morgan fingerprint density at radius 1 is 1.11 bits per heavy atom. The summed E-state index contributed by atoms with van der Waals surface area (Å²) >= 11 is 0. The molecule has 1 N–H and O–H groups in total. The smallest absolute Gasteiger partial charge is 0.261 e. The first-order valence-corrected chi connectivity index (χ1v) is 9.64. The maximum absolute atomic E-state index is 13.7. The van der Waals surface area contributed by atoms with Crippen molar-refractivity contribution in [2.75, 3.05) is 5.32 Å². The maximum Gasteiger partial charge on any atom is 0.261 e. The maximum atomic E-state index is 13.7. The number of anilines is 1. The van der Waals surface area contributed by atoms with Gasteiger partial charge in [0.05, 0.1) is 10.9 Å². The molecule has 0 saturated carbocycles. The van der Waals surface area contributed by atoms with E-state index in [4.69, 9.17) is 0 Å². The number of benzene rings is 2. The number of aryl methyl sites for hydroxylation is 2. The first-order chi connectivity index (χ1) is 13.5. The van der Waals surface area contributed by atoms with Crippen molar-refractivity contribution in [3.05, 3.63) is 69.5 Å². The van der Waals surface area contributed by atoms with Gasteiger partial charge >= 0.3 is 0 Å². The minimum Gasteiger partial charge on any atom is -0.322 e. The number of hydrogen-bond acceptors (Lipinski definition) is 3. The second-order valence-corrected chi connectivity index (χ2v) is 7.30. The molecule has 0 aliphatic carbocycles. The predicted octanol–water partition coefficient (Wildman–Crippen LogP) is 4.21. The van der Waals surface area contributed by atoms with Gasteiger partial charge in [-0.25, -0.2) is 9.37 Å². The number of carbonyl (C=O) groups is 1. The number of halogens is 1. The van der Waals surface area contributed by atoms with Crippen LogP contribution in [0.1, 0.15) is 47.4 Å². The topological polar surface area (TPSA) is 64.0 Å². The summed E-state index contributed by atoms with van der Waals surface area (Å²) < 4.78 is 15.5. The molecule has 144 valence electrons. The van der Waals surface area contributed by atoms with E-state index in [2.05, 4.69) is 10.3 Å². The Bertz CT molecular complexity index is 1120. The summed E-state index contributed by atoms with van der Waals surface area (Å²) in [6.45, 7) is 2.36. The minimum absolute atomic E-state index is 0.0468. The molecule has 0 saturated heterocycles. The highest BCUT2D eigenvalue weighted by Crippen LogP contribution is 2.18. The van der Waals surface area contributed by atoms with Gasteiger partial charge in [0.2, 0.25) is 0 Å². The molecule has 4 rings (SSSR count). The van der Waals surface area contributed by atoms with E-state index in [9.17, 15) is 14.0 Å². The van der Waals surface area contributed by atoms with Crippen LogP contribution in [0.3, 0.4) is 0 Å². The van der Waals surface area contributed by atoms with Crippen molar-refractivity contribution >= 4 is 22.5 Å². The molecule has 0 fully saturated rings. The van der Waals surface area contributed by atoms with E-state index >= 15 is 0 Å². The molecule has 6 heteroatoms. The second kappa shape index (κ2) is 7.54. The summed E-state index contributed by atoms with van der Waals surface area (Å²) in [4.78, 5) is 30.1. The molecule has 2 aromatic carbocycles. The molecule has 5 nitrogen and oxygen atoms in total. The Labute approximate surface area is 162 Å². The van der Waals surface area contributed by atoms with E-state index in [1.807, 2.05) is 0 Å². The van der Waals surface area contributed by atoms with Crippen molar-refractivity contribution in [2.45, 2.75) is 45.6 Å². The fourth-order valence-corrected chi connectivity index (χ4v) is 3.61. The van der Waals surface area contributed by atoms with E-state index in [0.29, 0.717) is 34.3 Å². The Hall–Kier alpha value is -3.02. The molecule has 2 heterocycles. The third-order valence-electron chi connectivity index (χ3n) is 5.26. The molecule has 0 spiro atoms. The molecule has 1 amide bonds. The molecule has 28 heavy (non-hydrogen) atoms. The lowest BCUT2D eigenvalue weighted by atomic mass is 10.1. The molecule has 3 aromatic rings. The molecule has 0 radical (unpaired) electrons. The largest absolute Gasteiger partial charge is 0.322 e. The SMILES string of the molecule is Cc1ccc(NC(=O)c2ccc3c(=O)n4c(nc3c2)CCCCCC4)cc1F. The molecular formula is C22H22FN3O2. The predicted molar refractivity (Wildman–Crippen MR) is 107 cm³/mol. The highest BCUT2D eigenvalue weighted by Gasteiger charge is 2.15. The highest BCUT2D eigenvalue weighted by molar-refractivity contribution is 6.06. The first-order valence-electron chi connectivity index (χ1n) is 9.64. The zero-order chi connectivity index (χ0) is 19.7. The standard InChI is InChI=1S/C22H22FN3O2/c1-14-7-9-16(13-18(14)23)24-21(27)15-8-10-17-19(12-15)25-20-6-4-2-3-5-11-26(20)22(17)28/h7-10,12-13H,2-6,11H2,1H3,(H,24,27). The normalized spacial score (nSPS) is 14.2. The van der Waals surface area contributed by atoms with Crippen LogP contribution in [0, 0.1) is 12.7 Å². The Morgan fingerprint density at radius 3 is 2.75 bits per heavy atom. The van der Waals surface area contributed by atoms with Crippen molar-refractivity contribution in [2.24, 2.45) is 0 Å². The van der Waals surface area contributed by atoms with Crippen LogP contribution in [-0.2, 0) is 13.0 Å². The number of aromatic nitrogens is 2. The van der Waals surface area contributed by atoms with Gasteiger partial charge in [-0.1, -0.05) is 18.9 Å². The van der Waals surface area contributed by atoms with Crippen LogP contribution < -0.4 is 10.9 Å². The quantitative estimate of drug-likeness (QED) is 0.725. The van der Waals surface area contributed by atoms with Gasteiger partial charge in [-0.2, -0.15) is 0 Å². The van der Waals surface area contributed by atoms with E-state index in [-0.39, 0.29) is 17.3 Å². The van der Waals surface area contributed by atoms with Crippen LogP contribution in [0.5, 0.6) is 0 Å². The molecule has 0 bridgehead atoms. The van der Waals surface area contributed by atoms with Gasteiger partial charge < -0.3 is 5.32 Å². The van der Waals surface area contributed by atoms with Gasteiger partial charge in [-0.05, 0) is 55.7 Å². The fraction of sp³-hybridized carbons (Fsp3) is 0.318. The lowest BCUT2D eigenvalue weighted by Crippen LogP contribution is -2.26. The van der Waals surface area contributed by atoms with Crippen LogP contribution in [0.2, 0.25) is 0 Å². The Balaban J connectivity index is 1.68. The number of carbonyl (C=O) groups excluding carboxylic acids is 1. The first kappa shape index (κ1) is 18.3. The Kier molecular flexibility index (Phi) is 4.94. The van der Waals surface area contributed by atoms with Gasteiger partial charge in [0.15, 0.2) is 0 Å². The molecule has 1 aliphatic heterocycles. The third-order valence-corrected chi connectivity index (χ3v) is 5.26. The van der Waals surface area contributed by atoms with Crippen LogP contribution in [0.25, 0.3) is 10.9 Å². The number of nitrogens with zero attached hydrogens (tertiary/aromatic N) is 2. The fourth-order valence-electron chi connectivity index (χ4n) is 3.61. The second-order valence-electron chi connectivity index (χ2n) is 7.30. The number of amides is 1. The minimum atomic E-state index is -0.371. The lowest BCUT2D eigenvalue weighted by molar-refractivity contribution is 0.102. The summed E-state index contributed by atoms with van der Waals surface area (Å²) in [5, 5.41) is 3.21. The summed E-state index contributed by atoms with van der Waals surface area (Å²) in [5.41, 5.74) is 1.77. The van der Waals surface area contributed by atoms with Gasteiger partial charge in [0.1, 0.15) is 11.6 Å². The van der Waals surface area contributed by atoms with Crippen molar-refractivity contribution < 1.29 is 9.18 Å². The summed E-state index contributed by atoms with van der Waals surface area (Å²) in [7, 11) is 0. The van der Waals surface area contributed by atoms with Gasteiger partial charge in [0.25, 0.3) is 11.5 Å². The molecule has 0 unspecified atom stereocenters. The van der Waals surface area contributed by atoms with Gasteiger partial charge in [0, 0.05) is 24.2 Å². The Morgan fingerprint density at radius 2 is 1.93 bits per heavy atom. The van der Waals surface area contributed by atoms with Crippen molar-refractivity contribution in [1.82, 2.24) is 9.55 Å². The van der Waals surface area contributed by atoms with Gasteiger partial charge in [-0.3, -0.25) is 14.2 Å². The average Bonchev–Trinajstić information content (AvgIpc) is 2.66. The number of hydrogen-bond donors (Lipinski definition) is 1. The zero-order valence-corrected chi connectivity index (χ0v) is 15.8. The van der Waals surface area contributed by atoms with E-state index in [0.717, 1.165) is 37.9 Å². The molecule has 0 atom stereocenters. The molecule has 1 aromatic heterocycles. The van der Waals surface area contributed by atoms with Crippen molar-refractivity contribution in [3.63, 3.8) is 0 Å². The molecular weight excluding hydrogens is 357 g/mol. The van der Waals surface area contributed by atoms with Crippen LogP contribution >= 0.6 is 0 Å². The number of rotatable bonds is 2. The van der Waals surface area contributed by atoms with Crippen molar-refractivity contribution in [1.29, 1.82) is 0 Å². The highest BCUT2D eigenvalue weighted by atomic mass is 19.1. The third kappa shape index (κ3) is 3.54. The van der Waals surface area contributed by atoms with Crippen LogP contribution in [0.15, 0.2) is 41.2 Å². The monoisotopic (exact) mass is 379 g/mol.